The molecule has 0 fully saturated rings. The molecule has 0 bridgehead atoms. The van der Waals surface area contributed by atoms with E-state index in [1.165, 1.54) is 13.0 Å². The zero-order valence-electron chi connectivity index (χ0n) is 7.88. The smallest absolute Gasteiger partial charge is 0.335 e. The fourth-order valence-electron chi connectivity index (χ4n) is 2.04. The number of carbonyl (C=O) groups is 1. The monoisotopic (exact) mass is 194 g/mol. The lowest BCUT2D eigenvalue weighted by atomic mass is 10.0. The summed E-state index contributed by atoms with van der Waals surface area (Å²) in [4.78, 5) is 10.8. The van der Waals surface area contributed by atoms with Gasteiger partial charge < -0.3 is 5.11 Å². The number of hydrogen-bond donors (Lipinski definition) is 1. The van der Waals surface area contributed by atoms with Gasteiger partial charge in [-0.3, -0.25) is 0 Å². The van der Waals surface area contributed by atoms with E-state index in [9.17, 15) is 9.18 Å². The summed E-state index contributed by atoms with van der Waals surface area (Å²) in [5.74, 6) is -0.973. The van der Waals surface area contributed by atoms with Crippen molar-refractivity contribution in [3.05, 3.63) is 34.9 Å². The summed E-state index contributed by atoms with van der Waals surface area (Å²) in [5, 5.41) is 8.90. The highest BCUT2D eigenvalue weighted by Gasteiger charge is 2.34. The quantitative estimate of drug-likeness (QED) is 0.744. The Labute approximate surface area is 81.4 Å². The van der Waals surface area contributed by atoms with Crippen LogP contribution in [0, 0.1) is 0 Å². The van der Waals surface area contributed by atoms with E-state index in [4.69, 9.17) is 5.11 Å². The highest BCUT2D eigenvalue weighted by molar-refractivity contribution is 5.90. The van der Waals surface area contributed by atoms with Crippen LogP contribution in [0.3, 0.4) is 0 Å². The third-order valence-electron chi connectivity index (χ3n) is 2.61. The number of carboxylic acid groups (broad SMARTS) is 1. The van der Waals surface area contributed by atoms with Gasteiger partial charge in [0.15, 0.2) is 0 Å². The molecule has 1 aromatic carbocycles. The second kappa shape index (κ2) is 2.80. The molecular weight excluding hydrogens is 183 g/mol. The van der Waals surface area contributed by atoms with Crippen molar-refractivity contribution < 1.29 is 14.3 Å². The van der Waals surface area contributed by atoms with Crippen LogP contribution in [-0.4, -0.2) is 16.7 Å². The Hall–Kier alpha value is -1.38. The second-order valence-corrected chi connectivity index (χ2v) is 4.02. The molecule has 0 aliphatic heterocycles. The molecule has 0 saturated carbocycles. The molecule has 3 heteroatoms. The first-order valence-corrected chi connectivity index (χ1v) is 4.52. The highest BCUT2D eigenvalue weighted by atomic mass is 19.1. The van der Waals surface area contributed by atoms with Gasteiger partial charge in [-0.2, -0.15) is 0 Å². The maximum atomic E-state index is 13.7. The summed E-state index contributed by atoms with van der Waals surface area (Å²) < 4.78 is 13.7. The molecule has 1 unspecified atom stereocenters. The third-order valence-corrected chi connectivity index (χ3v) is 2.61. The number of carboxylic acids is 1. The van der Waals surface area contributed by atoms with E-state index >= 15 is 0 Å². The van der Waals surface area contributed by atoms with Gasteiger partial charge in [0.2, 0.25) is 0 Å². The van der Waals surface area contributed by atoms with Crippen LogP contribution in [0.15, 0.2) is 18.2 Å². The third kappa shape index (κ3) is 1.39. The first-order chi connectivity index (χ1) is 6.49. The Morgan fingerprint density at radius 1 is 1.50 bits per heavy atom. The summed E-state index contributed by atoms with van der Waals surface area (Å²) in [6.45, 7) is 1.51. The standard InChI is InChI=1S/C11H11FO2/c1-11(12)5-7-3-2-4-8(10(13)14)9(7)6-11/h2-4H,5-6H2,1H3,(H,13,14). The van der Waals surface area contributed by atoms with Gasteiger partial charge in [-0.1, -0.05) is 12.1 Å². The molecule has 1 aliphatic carbocycles. The normalized spacial score (nSPS) is 24.7. The van der Waals surface area contributed by atoms with E-state index in [-0.39, 0.29) is 12.0 Å². The van der Waals surface area contributed by atoms with E-state index in [1.54, 1.807) is 12.1 Å². The molecule has 1 aromatic rings. The van der Waals surface area contributed by atoms with E-state index in [0.717, 1.165) is 5.56 Å². The van der Waals surface area contributed by atoms with E-state index in [1.807, 2.05) is 0 Å². The summed E-state index contributed by atoms with van der Waals surface area (Å²) in [5.41, 5.74) is 0.442. The predicted molar refractivity (Wildman–Crippen MR) is 50.3 cm³/mol. The van der Waals surface area contributed by atoms with Gasteiger partial charge in [-0.05, 0) is 24.1 Å². The SMILES string of the molecule is CC1(F)Cc2cccc(C(=O)O)c2C1. The fraction of sp³-hybridized carbons (Fsp3) is 0.364. The Bertz CT molecular complexity index is 396. The summed E-state index contributed by atoms with van der Waals surface area (Å²) >= 11 is 0. The first-order valence-electron chi connectivity index (χ1n) is 4.52. The lowest BCUT2D eigenvalue weighted by Gasteiger charge is -2.09. The van der Waals surface area contributed by atoms with Crippen molar-refractivity contribution in [2.24, 2.45) is 0 Å². The van der Waals surface area contributed by atoms with Crippen molar-refractivity contribution in [2.45, 2.75) is 25.4 Å². The van der Waals surface area contributed by atoms with E-state index in [2.05, 4.69) is 0 Å². The molecule has 0 amide bonds. The Kier molecular flexibility index (Phi) is 1.84. The van der Waals surface area contributed by atoms with Crippen molar-refractivity contribution in [2.75, 3.05) is 0 Å². The minimum atomic E-state index is -1.28. The van der Waals surface area contributed by atoms with Crippen LogP contribution in [0.1, 0.15) is 28.4 Å². The largest absolute Gasteiger partial charge is 0.478 e. The zero-order valence-corrected chi connectivity index (χ0v) is 7.88. The maximum absolute atomic E-state index is 13.7. The second-order valence-electron chi connectivity index (χ2n) is 4.02. The number of rotatable bonds is 1. The van der Waals surface area contributed by atoms with Crippen LogP contribution in [0.5, 0.6) is 0 Å². The average Bonchev–Trinajstić information content (AvgIpc) is 2.36. The molecule has 0 spiro atoms. The Morgan fingerprint density at radius 3 is 2.86 bits per heavy atom. The van der Waals surface area contributed by atoms with Crippen molar-refractivity contribution in [3.63, 3.8) is 0 Å². The number of alkyl halides is 1. The molecule has 14 heavy (non-hydrogen) atoms. The summed E-state index contributed by atoms with van der Waals surface area (Å²) in [6.07, 6.45) is 0.536. The molecule has 1 aliphatic rings. The molecule has 2 nitrogen and oxygen atoms in total. The van der Waals surface area contributed by atoms with Crippen LogP contribution in [-0.2, 0) is 12.8 Å². The lowest BCUT2D eigenvalue weighted by molar-refractivity contribution is 0.0695. The highest BCUT2D eigenvalue weighted by Crippen LogP contribution is 2.34. The fourth-order valence-corrected chi connectivity index (χ4v) is 2.04. The van der Waals surface area contributed by atoms with Gasteiger partial charge in [0.1, 0.15) is 5.67 Å². The van der Waals surface area contributed by atoms with Gasteiger partial charge in [-0.25, -0.2) is 9.18 Å². The topological polar surface area (TPSA) is 37.3 Å². The first kappa shape index (κ1) is 9.19. The lowest BCUT2D eigenvalue weighted by Crippen LogP contribution is -2.17. The van der Waals surface area contributed by atoms with E-state index in [0.29, 0.717) is 12.0 Å². The number of fused-ring (bicyclic) bond motifs is 1. The molecule has 0 saturated heterocycles. The predicted octanol–water partition coefficient (Wildman–Crippen LogP) is 2.21. The molecule has 0 heterocycles. The maximum Gasteiger partial charge on any atom is 0.335 e. The molecule has 74 valence electrons. The summed E-state index contributed by atoms with van der Waals surface area (Å²) in [6, 6.07) is 5.00. The van der Waals surface area contributed by atoms with Crippen molar-refractivity contribution in [1.29, 1.82) is 0 Å². The van der Waals surface area contributed by atoms with Gasteiger partial charge in [0.25, 0.3) is 0 Å². The van der Waals surface area contributed by atoms with Crippen molar-refractivity contribution in [3.8, 4) is 0 Å². The van der Waals surface area contributed by atoms with Crippen LogP contribution in [0.25, 0.3) is 0 Å². The number of hydrogen-bond acceptors (Lipinski definition) is 1. The summed E-state index contributed by atoms with van der Waals surface area (Å²) in [7, 11) is 0. The van der Waals surface area contributed by atoms with Crippen LogP contribution in [0.4, 0.5) is 4.39 Å². The van der Waals surface area contributed by atoms with Crippen LogP contribution < -0.4 is 0 Å². The Morgan fingerprint density at radius 2 is 2.21 bits per heavy atom. The number of halogens is 1. The van der Waals surface area contributed by atoms with Crippen LogP contribution in [0.2, 0.25) is 0 Å². The Balaban J connectivity index is 2.52. The van der Waals surface area contributed by atoms with Crippen molar-refractivity contribution in [1.82, 2.24) is 0 Å². The van der Waals surface area contributed by atoms with Crippen LogP contribution >= 0.6 is 0 Å². The van der Waals surface area contributed by atoms with Gasteiger partial charge in [0.05, 0.1) is 5.56 Å². The minimum Gasteiger partial charge on any atom is -0.478 e. The molecule has 1 atom stereocenters. The average molecular weight is 194 g/mol. The van der Waals surface area contributed by atoms with Crippen molar-refractivity contribution >= 4 is 5.97 Å². The number of aromatic carboxylic acids is 1. The molecule has 2 rings (SSSR count). The van der Waals surface area contributed by atoms with E-state index < -0.39 is 11.6 Å². The van der Waals surface area contributed by atoms with Gasteiger partial charge in [-0.15, -0.1) is 0 Å². The van der Waals surface area contributed by atoms with Gasteiger partial charge in [0, 0.05) is 12.8 Å². The molecule has 0 aromatic heterocycles. The molecule has 0 radical (unpaired) electrons. The number of benzene rings is 1. The molecular formula is C11H11FO2. The minimum absolute atomic E-state index is 0.213. The zero-order chi connectivity index (χ0) is 10.3. The van der Waals surface area contributed by atoms with Gasteiger partial charge >= 0.3 is 5.97 Å². The molecule has 1 N–H and O–H groups in total.